The van der Waals surface area contributed by atoms with E-state index in [0.29, 0.717) is 39.6 Å². The van der Waals surface area contributed by atoms with Gasteiger partial charge in [-0.2, -0.15) is 0 Å². The van der Waals surface area contributed by atoms with Gasteiger partial charge >= 0.3 is 5.97 Å². The Morgan fingerprint density at radius 2 is 1.77 bits per heavy atom. The van der Waals surface area contributed by atoms with Crippen molar-refractivity contribution < 1.29 is 19.4 Å². The quantitative estimate of drug-likeness (QED) is 0.197. The molecule has 1 aliphatic carbocycles. The lowest BCUT2D eigenvalue weighted by atomic mass is 9.57. The Morgan fingerprint density at radius 3 is 2.48 bits per heavy atom. The largest absolute Gasteiger partial charge is 0.497 e. The second-order valence-electron chi connectivity index (χ2n) is 11.7. The number of carboxylic acids is 1. The zero-order valence-electron chi connectivity index (χ0n) is 24.9. The third-order valence-electron chi connectivity index (χ3n) is 8.66. The molecule has 1 saturated heterocycles. The van der Waals surface area contributed by atoms with Crippen LogP contribution in [0.4, 0.5) is 0 Å². The molecule has 10 heteroatoms. The number of carbonyl (C=O) groups is 1. The van der Waals surface area contributed by atoms with Gasteiger partial charge in [0.2, 0.25) is 5.88 Å². The first-order chi connectivity index (χ1) is 21.2. The van der Waals surface area contributed by atoms with E-state index in [-0.39, 0.29) is 11.3 Å². The highest BCUT2D eigenvalue weighted by atomic mass is 35.5. The number of nitrogens with zero attached hydrogens (tertiary/aromatic N) is 3. The summed E-state index contributed by atoms with van der Waals surface area (Å²) < 4.78 is 11.2. The van der Waals surface area contributed by atoms with E-state index in [9.17, 15) is 9.90 Å². The molecule has 2 aliphatic rings. The molecule has 3 heterocycles. The van der Waals surface area contributed by atoms with Crippen LogP contribution in [0.3, 0.4) is 0 Å². The van der Waals surface area contributed by atoms with Crippen LogP contribution in [0.5, 0.6) is 11.6 Å². The van der Waals surface area contributed by atoms with Crippen molar-refractivity contribution in [1.82, 2.24) is 20.2 Å². The minimum atomic E-state index is -0.679. The van der Waals surface area contributed by atoms with E-state index in [4.69, 9.17) is 37.7 Å². The average molecular weight is 634 g/mol. The van der Waals surface area contributed by atoms with Gasteiger partial charge in [0.25, 0.3) is 0 Å². The lowest BCUT2D eigenvalue weighted by Crippen LogP contribution is -2.62. The molecule has 44 heavy (non-hydrogen) atoms. The number of methoxy groups -OCH3 is 2. The Morgan fingerprint density at radius 1 is 1.02 bits per heavy atom. The minimum Gasteiger partial charge on any atom is -0.497 e. The first-order valence-corrected chi connectivity index (χ1v) is 15.3. The molecule has 1 saturated carbocycles. The molecule has 0 radical (unpaired) electrons. The van der Waals surface area contributed by atoms with Crippen molar-refractivity contribution in [2.24, 2.45) is 11.3 Å². The first kappa shape index (κ1) is 30.3. The van der Waals surface area contributed by atoms with Crippen LogP contribution >= 0.6 is 23.2 Å². The molecule has 0 amide bonds. The zero-order chi connectivity index (χ0) is 31.0. The van der Waals surface area contributed by atoms with Crippen LogP contribution < -0.4 is 14.8 Å². The summed E-state index contributed by atoms with van der Waals surface area (Å²) in [6.45, 7) is 3.19. The predicted octanol–water partition coefficient (Wildman–Crippen LogP) is 6.82. The number of ether oxygens (including phenoxy) is 2. The van der Waals surface area contributed by atoms with Crippen LogP contribution in [0.25, 0.3) is 33.6 Å². The molecule has 4 aromatic rings. The van der Waals surface area contributed by atoms with E-state index < -0.39 is 5.97 Å². The molecule has 2 aromatic carbocycles. The van der Waals surface area contributed by atoms with E-state index in [1.165, 1.54) is 0 Å². The first-order valence-electron chi connectivity index (χ1n) is 14.5. The number of nitrogens with one attached hydrogen (secondary N) is 1. The molecule has 1 aliphatic heterocycles. The number of aliphatic carboxylic acids is 1. The van der Waals surface area contributed by atoms with Crippen LogP contribution in [0, 0.1) is 11.3 Å². The summed E-state index contributed by atoms with van der Waals surface area (Å²) in [4.78, 5) is 23.0. The van der Waals surface area contributed by atoms with Gasteiger partial charge in [-0.25, -0.2) is 4.98 Å². The average Bonchev–Trinajstić information content (AvgIpc) is 2.98. The molecule has 2 fully saturated rings. The smallest absolute Gasteiger partial charge is 0.306 e. The Kier molecular flexibility index (Phi) is 8.53. The van der Waals surface area contributed by atoms with Crippen molar-refractivity contribution in [3.8, 4) is 45.3 Å². The Bertz CT molecular complexity index is 1720. The fraction of sp³-hybridized carbons (Fsp3) is 0.324. The van der Waals surface area contributed by atoms with Crippen molar-refractivity contribution in [3.63, 3.8) is 0 Å². The Labute approximate surface area is 267 Å². The van der Waals surface area contributed by atoms with Gasteiger partial charge in [-0.1, -0.05) is 47.5 Å². The molecule has 6 rings (SSSR count). The van der Waals surface area contributed by atoms with Gasteiger partial charge in [-0.3, -0.25) is 14.7 Å². The number of halogens is 2. The number of rotatable bonds is 10. The number of pyridine rings is 2. The molecule has 2 N–H and O–H groups in total. The topological polar surface area (TPSA) is 96.8 Å². The van der Waals surface area contributed by atoms with Crippen LogP contribution in [0.1, 0.15) is 24.0 Å². The lowest BCUT2D eigenvalue weighted by Gasteiger charge is -2.58. The summed E-state index contributed by atoms with van der Waals surface area (Å²) in [5, 5.41) is 13.4. The summed E-state index contributed by atoms with van der Waals surface area (Å²) in [5.41, 5.74) is 6.66. The molecular formula is C34H34Cl2N4O4. The molecule has 0 unspecified atom stereocenters. The monoisotopic (exact) mass is 632 g/mol. The van der Waals surface area contributed by atoms with Crippen molar-refractivity contribution in [1.29, 1.82) is 0 Å². The van der Waals surface area contributed by atoms with Crippen molar-refractivity contribution in [2.75, 3.05) is 34.4 Å². The third-order valence-corrected chi connectivity index (χ3v) is 9.45. The second-order valence-corrected chi connectivity index (χ2v) is 12.5. The van der Waals surface area contributed by atoms with Gasteiger partial charge < -0.3 is 19.9 Å². The van der Waals surface area contributed by atoms with Gasteiger partial charge in [0.15, 0.2) is 0 Å². The summed E-state index contributed by atoms with van der Waals surface area (Å²) in [6, 6.07) is 17.6. The van der Waals surface area contributed by atoms with E-state index in [2.05, 4.69) is 21.3 Å². The number of hydrogen-bond acceptors (Lipinski definition) is 7. The van der Waals surface area contributed by atoms with Gasteiger partial charge in [-0.05, 0) is 61.2 Å². The van der Waals surface area contributed by atoms with Gasteiger partial charge in [-0.15, -0.1) is 0 Å². The normalized spacial score (nSPS) is 15.9. The maximum absolute atomic E-state index is 11.3. The number of carboxylic acid groups (broad SMARTS) is 1. The standard InChI is InChI=1S/C34H34Cl2N4O4/c1-37-16-21-7-8-28(39-32(21)44-3)27-6-4-5-25(29(27)35)26-9-10-38-31(30(26)36)22-11-20(12-24(13-22)43-2)17-40-18-34(19-40)14-23(15-34)33(41)42/h4-13,23,37H,14-19H2,1-3H3,(H,41,42). The fourth-order valence-corrected chi connectivity index (χ4v) is 7.26. The van der Waals surface area contributed by atoms with Gasteiger partial charge in [0, 0.05) is 60.2 Å². The van der Waals surface area contributed by atoms with Crippen molar-refractivity contribution >= 4 is 29.2 Å². The molecule has 0 atom stereocenters. The van der Waals surface area contributed by atoms with Crippen LogP contribution in [-0.4, -0.2) is 60.3 Å². The second kappa shape index (κ2) is 12.4. The maximum atomic E-state index is 11.3. The fourth-order valence-electron chi connectivity index (χ4n) is 6.61. The molecule has 2 aromatic heterocycles. The molecule has 1 spiro atoms. The zero-order valence-corrected chi connectivity index (χ0v) is 26.4. The Hall–Kier alpha value is -3.69. The lowest BCUT2D eigenvalue weighted by molar-refractivity contribution is -0.161. The highest BCUT2D eigenvalue weighted by Crippen LogP contribution is 2.52. The highest BCUT2D eigenvalue weighted by Gasteiger charge is 2.54. The number of hydrogen-bond donors (Lipinski definition) is 2. The summed E-state index contributed by atoms with van der Waals surface area (Å²) in [7, 11) is 5.13. The van der Waals surface area contributed by atoms with Gasteiger partial charge in [0.05, 0.1) is 41.6 Å². The van der Waals surface area contributed by atoms with E-state index in [1.54, 1.807) is 20.4 Å². The maximum Gasteiger partial charge on any atom is 0.306 e. The van der Waals surface area contributed by atoms with Gasteiger partial charge in [0.1, 0.15) is 5.75 Å². The summed E-state index contributed by atoms with van der Waals surface area (Å²) in [6.07, 6.45) is 3.27. The number of aromatic nitrogens is 2. The van der Waals surface area contributed by atoms with Crippen molar-refractivity contribution in [2.45, 2.75) is 25.9 Å². The van der Waals surface area contributed by atoms with Crippen molar-refractivity contribution in [3.05, 3.63) is 82.0 Å². The molecular weight excluding hydrogens is 599 g/mol. The highest BCUT2D eigenvalue weighted by molar-refractivity contribution is 6.39. The van der Waals surface area contributed by atoms with Crippen LogP contribution in [-0.2, 0) is 17.9 Å². The van der Waals surface area contributed by atoms with E-state index >= 15 is 0 Å². The molecule has 0 bridgehead atoms. The van der Waals surface area contributed by atoms with Crippen LogP contribution in [0.2, 0.25) is 10.0 Å². The van der Waals surface area contributed by atoms with E-state index in [1.807, 2.05) is 55.6 Å². The molecule has 8 nitrogen and oxygen atoms in total. The minimum absolute atomic E-state index is 0.160. The third kappa shape index (κ3) is 5.75. The SMILES string of the molecule is CNCc1ccc(-c2cccc(-c3ccnc(-c4cc(CN5CC6(CC(C(=O)O)C6)C5)cc(OC)c4)c3Cl)c2Cl)nc1OC. The number of benzene rings is 2. The summed E-state index contributed by atoms with van der Waals surface area (Å²) in [5.74, 6) is 0.384. The Balaban J connectivity index is 1.28. The number of likely N-dealkylation sites (tertiary alicyclic amines) is 1. The van der Waals surface area contributed by atoms with Crippen LogP contribution in [0.15, 0.2) is 60.8 Å². The predicted molar refractivity (Wildman–Crippen MR) is 172 cm³/mol. The van der Waals surface area contributed by atoms with E-state index in [0.717, 1.165) is 65.9 Å². The molecule has 228 valence electrons. The summed E-state index contributed by atoms with van der Waals surface area (Å²) >= 11 is 14.1.